The van der Waals surface area contributed by atoms with Crippen molar-refractivity contribution < 1.29 is 4.74 Å². The summed E-state index contributed by atoms with van der Waals surface area (Å²) in [6.45, 7) is 4.07. The Bertz CT molecular complexity index is 888. The van der Waals surface area contributed by atoms with Gasteiger partial charge in [-0.2, -0.15) is 5.26 Å². The third-order valence-corrected chi connectivity index (χ3v) is 3.72. The molecule has 5 heteroatoms. The van der Waals surface area contributed by atoms with Gasteiger partial charge in [-0.25, -0.2) is 4.68 Å². The average molecular weight is 304 g/mol. The number of methoxy groups -OCH3 is 1. The van der Waals surface area contributed by atoms with Gasteiger partial charge in [0.15, 0.2) is 5.69 Å². The van der Waals surface area contributed by atoms with Crippen LogP contribution in [0.4, 0.5) is 0 Å². The third-order valence-electron chi connectivity index (χ3n) is 3.72. The molecule has 0 aliphatic heterocycles. The van der Waals surface area contributed by atoms with Crippen molar-refractivity contribution >= 4 is 0 Å². The molecule has 3 rings (SSSR count). The summed E-state index contributed by atoms with van der Waals surface area (Å²) in [6.07, 6.45) is 0. The summed E-state index contributed by atoms with van der Waals surface area (Å²) < 4.78 is 6.90. The maximum Gasteiger partial charge on any atom is 0.191 e. The quantitative estimate of drug-likeness (QED) is 0.743. The predicted molar refractivity (Wildman–Crippen MR) is 87.5 cm³/mol. The molecule has 0 aliphatic rings. The van der Waals surface area contributed by atoms with Crippen molar-refractivity contribution in [2.75, 3.05) is 7.11 Å². The normalized spacial score (nSPS) is 10.3. The number of aryl methyl sites for hydroxylation is 2. The minimum atomic E-state index is 0.301. The summed E-state index contributed by atoms with van der Waals surface area (Å²) in [6, 6.07) is 15.7. The molecular formula is C18H16N4O. The first-order chi connectivity index (χ1) is 11.1. The molecule has 2 aromatic carbocycles. The van der Waals surface area contributed by atoms with Gasteiger partial charge >= 0.3 is 0 Å². The molecule has 5 nitrogen and oxygen atoms in total. The van der Waals surface area contributed by atoms with Crippen LogP contribution in [-0.4, -0.2) is 22.1 Å². The zero-order chi connectivity index (χ0) is 16.4. The first-order valence-electron chi connectivity index (χ1n) is 7.22. The zero-order valence-electron chi connectivity index (χ0n) is 13.2. The van der Waals surface area contributed by atoms with E-state index in [9.17, 15) is 5.26 Å². The molecule has 114 valence electrons. The number of aromatic nitrogens is 3. The van der Waals surface area contributed by atoms with Crippen molar-refractivity contribution in [2.45, 2.75) is 13.8 Å². The number of hydrogen-bond donors (Lipinski definition) is 0. The fraction of sp³-hybridized carbons (Fsp3) is 0.167. The summed E-state index contributed by atoms with van der Waals surface area (Å²) in [7, 11) is 1.62. The molecule has 0 radical (unpaired) electrons. The molecule has 0 N–H and O–H groups in total. The molecule has 0 saturated heterocycles. The van der Waals surface area contributed by atoms with Gasteiger partial charge in [0.1, 0.15) is 17.5 Å². The van der Waals surface area contributed by atoms with Crippen molar-refractivity contribution in [1.82, 2.24) is 15.0 Å². The fourth-order valence-corrected chi connectivity index (χ4v) is 2.58. The predicted octanol–water partition coefficient (Wildman–Crippen LogP) is 3.43. The summed E-state index contributed by atoms with van der Waals surface area (Å²) in [5.41, 5.74) is 5.02. The van der Waals surface area contributed by atoms with E-state index in [2.05, 4.69) is 22.4 Å². The van der Waals surface area contributed by atoms with Crippen LogP contribution in [0.5, 0.6) is 5.75 Å². The van der Waals surface area contributed by atoms with Crippen molar-refractivity contribution in [3.8, 4) is 28.8 Å². The molecule has 1 aromatic heterocycles. The highest BCUT2D eigenvalue weighted by Gasteiger charge is 2.17. The van der Waals surface area contributed by atoms with Crippen LogP contribution in [0.2, 0.25) is 0 Å². The van der Waals surface area contributed by atoms with Crippen molar-refractivity contribution in [3.05, 3.63) is 59.3 Å². The first-order valence-corrected chi connectivity index (χ1v) is 7.22. The van der Waals surface area contributed by atoms with E-state index in [0.717, 1.165) is 22.6 Å². The second-order valence-corrected chi connectivity index (χ2v) is 5.33. The molecule has 0 saturated carbocycles. The van der Waals surface area contributed by atoms with Crippen LogP contribution in [0, 0.1) is 25.2 Å². The van der Waals surface area contributed by atoms with Crippen LogP contribution >= 0.6 is 0 Å². The molecule has 0 fully saturated rings. The van der Waals surface area contributed by atoms with Crippen LogP contribution in [0.1, 0.15) is 16.8 Å². The average Bonchev–Trinajstić information content (AvgIpc) is 2.98. The number of benzene rings is 2. The Morgan fingerprint density at radius 2 is 1.83 bits per heavy atom. The lowest BCUT2D eigenvalue weighted by molar-refractivity contribution is 0.415. The van der Waals surface area contributed by atoms with E-state index in [4.69, 9.17) is 4.74 Å². The Labute approximate surface area is 134 Å². The zero-order valence-corrected chi connectivity index (χ0v) is 13.2. The van der Waals surface area contributed by atoms with Crippen LogP contribution in [-0.2, 0) is 0 Å². The van der Waals surface area contributed by atoms with Crippen molar-refractivity contribution in [3.63, 3.8) is 0 Å². The minimum absolute atomic E-state index is 0.301. The van der Waals surface area contributed by atoms with Gasteiger partial charge in [0, 0.05) is 5.56 Å². The molecule has 0 spiro atoms. The standard InChI is InChI=1S/C18H16N4O/c1-12-4-9-17(13(2)10-12)22-18(16(11-19)20-21-22)14-5-7-15(23-3)8-6-14/h4-10H,1-3H3. The lowest BCUT2D eigenvalue weighted by Gasteiger charge is -2.10. The maximum absolute atomic E-state index is 9.36. The maximum atomic E-state index is 9.36. The van der Waals surface area contributed by atoms with Gasteiger partial charge in [-0.05, 0) is 49.7 Å². The summed E-state index contributed by atoms with van der Waals surface area (Å²) in [5, 5.41) is 17.6. The fourth-order valence-electron chi connectivity index (χ4n) is 2.58. The number of hydrogen-bond acceptors (Lipinski definition) is 4. The Balaban J connectivity index is 2.19. The molecule has 23 heavy (non-hydrogen) atoms. The topological polar surface area (TPSA) is 63.7 Å². The van der Waals surface area contributed by atoms with Gasteiger partial charge < -0.3 is 4.74 Å². The Morgan fingerprint density at radius 1 is 1.09 bits per heavy atom. The largest absolute Gasteiger partial charge is 0.497 e. The van der Waals surface area contributed by atoms with Gasteiger partial charge in [0.05, 0.1) is 12.8 Å². The van der Waals surface area contributed by atoms with Crippen molar-refractivity contribution in [1.29, 1.82) is 5.26 Å². The van der Waals surface area contributed by atoms with E-state index in [1.165, 1.54) is 5.56 Å². The molecule has 3 aromatic rings. The van der Waals surface area contributed by atoms with E-state index in [1.54, 1.807) is 11.8 Å². The number of rotatable bonds is 3. The lowest BCUT2D eigenvalue weighted by atomic mass is 10.1. The third kappa shape index (κ3) is 2.67. The van der Waals surface area contributed by atoms with E-state index < -0.39 is 0 Å². The Hall–Kier alpha value is -3.13. The molecule has 0 aliphatic carbocycles. The molecular weight excluding hydrogens is 288 g/mol. The monoisotopic (exact) mass is 304 g/mol. The van der Waals surface area contributed by atoms with E-state index >= 15 is 0 Å². The highest BCUT2D eigenvalue weighted by Crippen LogP contribution is 2.28. The lowest BCUT2D eigenvalue weighted by Crippen LogP contribution is -2.02. The number of nitriles is 1. The van der Waals surface area contributed by atoms with Gasteiger partial charge in [-0.15, -0.1) is 5.10 Å². The van der Waals surface area contributed by atoms with Crippen LogP contribution in [0.25, 0.3) is 16.9 Å². The summed E-state index contributed by atoms with van der Waals surface area (Å²) in [5.74, 6) is 0.762. The SMILES string of the molecule is COc1ccc(-c2c(C#N)nnn2-c2ccc(C)cc2C)cc1. The van der Waals surface area contributed by atoms with E-state index in [-0.39, 0.29) is 0 Å². The smallest absolute Gasteiger partial charge is 0.191 e. The summed E-state index contributed by atoms with van der Waals surface area (Å²) in [4.78, 5) is 0. The minimum Gasteiger partial charge on any atom is -0.497 e. The van der Waals surface area contributed by atoms with Crippen LogP contribution in [0.3, 0.4) is 0 Å². The second-order valence-electron chi connectivity index (χ2n) is 5.33. The highest BCUT2D eigenvalue weighted by atomic mass is 16.5. The molecule has 0 atom stereocenters. The Morgan fingerprint density at radius 3 is 2.43 bits per heavy atom. The summed E-state index contributed by atoms with van der Waals surface area (Å²) >= 11 is 0. The van der Waals surface area contributed by atoms with Crippen molar-refractivity contribution in [2.24, 2.45) is 0 Å². The van der Waals surface area contributed by atoms with E-state index in [1.807, 2.05) is 50.2 Å². The molecule has 0 amide bonds. The highest BCUT2D eigenvalue weighted by molar-refractivity contribution is 5.68. The van der Waals surface area contributed by atoms with Gasteiger partial charge in [0.25, 0.3) is 0 Å². The van der Waals surface area contributed by atoms with Crippen LogP contribution < -0.4 is 4.74 Å². The second kappa shape index (κ2) is 5.93. The Kier molecular flexibility index (Phi) is 3.82. The van der Waals surface area contributed by atoms with Crippen LogP contribution in [0.15, 0.2) is 42.5 Å². The molecule has 0 unspecified atom stereocenters. The van der Waals surface area contributed by atoms with E-state index in [0.29, 0.717) is 11.4 Å². The first kappa shape index (κ1) is 14.8. The van der Waals surface area contributed by atoms with Gasteiger partial charge in [-0.3, -0.25) is 0 Å². The number of nitrogens with zero attached hydrogens (tertiary/aromatic N) is 4. The van der Waals surface area contributed by atoms with Gasteiger partial charge in [-0.1, -0.05) is 22.9 Å². The molecule has 0 bridgehead atoms. The number of ether oxygens (including phenoxy) is 1. The molecule has 1 heterocycles. The van der Waals surface area contributed by atoms with Gasteiger partial charge in [0.2, 0.25) is 0 Å².